The molecule has 0 aliphatic carbocycles. The Morgan fingerprint density at radius 1 is 0.791 bits per heavy atom. The molecule has 2 heterocycles. The number of carbonyl (C=O) groups excluding carboxylic acids is 1. The molecule has 0 saturated heterocycles. The van der Waals surface area contributed by atoms with Gasteiger partial charge in [0.15, 0.2) is 0 Å². The van der Waals surface area contributed by atoms with Crippen LogP contribution >= 0.6 is 0 Å². The molecule has 1 amide bonds. The lowest BCUT2D eigenvalue weighted by Crippen LogP contribution is -2.32. The SMILES string of the molecule is CC.CC.CCCC(NC)c1ncc(-c2ccc(-c3ccc(-c4cnc(CN(CCC)C(=O)CC(C)C)[nH]4)cc3)cc2)[nH]1. The van der Waals surface area contributed by atoms with E-state index in [1.54, 1.807) is 0 Å². The molecule has 0 radical (unpaired) electrons. The number of amides is 1. The van der Waals surface area contributed by atoms with Gasteiger partial charge in [0.05, 0.1) is 36.4 Å². The van der Waals surface area contributed by atoms with Crippen LogP contribution in [0.1, 0.15) is 98.8 Å². The van der Waals surface area contributed by atoms with E-state index < -0.39 is 0 Å². The topological polar surface area (TPSA) is 89.7 Å². The molecule has 1 atom stereocenters. The smallest absolute Gasteiger partial charge is 0.223 e. The van der Waals surface area contributed by atoms with Crippen LogP contribution in [0.3, 0.4) is 0 Å². The van der Waals surface area contributed by atoms with E-state index in [4.69, 9.17) is 0 Å². The molecule has 0 spiro atoms. The van der Waals surface area contributed by atoms with Crippen LogP contribution in [0.4, 0.5) is 0 Å². The Balaban J connectivity index is 0.00000155. The molecule has 4 rings (SSSR count). The number of imidazole rings is 2. The molecule has 0 aliphatic rings. The average molecular weight is 587 g/mol. The summed E-state index contributed by atoms with van der Waals surface area (Å²) in [6, 6.07) is 17.3. The highest BCUT2D eigenvalue weighted by Gasteiger charge is 2.17. The van der Waals surface area contributed by atoms with Crippen molar-refractivity contribution in [2.24, 2.45) is 5.92 Å². The van der Waals surface area contributed by atoms with Gasteiger partial charge in [0.25, 0.3) is 0 Å². The van der Waals surface area contributed by atoms with Crippen LogP contribution in [0, 0.1) is 5.92 Å². The molecule has 7 heteroatoms. The molecular formula is C36H54N6O. The van der Waals surface area contributed by atoms with Gasteiger partial charge in [-0.15, -0.1) is 0 Å². The Morgan fingerprint density at radius 2 is 1.30 bits per heavy atom. The third-order valence-corrected chi connectivity index (χ3v) is 6.97. The molecule has 0 saturated carbocycles. The van der Waals surface area contributed by atoms with Crippen molar-refractivity contribution in [3.05, 3.63) is 72.6 Å². The quantitative estimate of drug-likeness (QED) is 0.146. The Hall–Kier alpha value is -3.71. The van der Waals surface area contributed by atoms with Crippen molar-refractivity contribution in [1.82, 2.24) is 30.2 Å². The van der Waals surface area contributed by atoms with Gasteiger partial charge in [-0.1, -0.05) is 110 Å². The molecule has 3 N–H and O–H groups in total. The van der Waals surface area contributed by atoms with Crippen LogP contribution in [-0.4, -0.2) is 44.3 Å². The maximum absolute atomic E-state index is 12.6. The van der Waals surface area contributed by atoms with E-state index in [0.717, 1.165) is 71.1 Å². The second-order valence-electron chi connectivity index (χ2n) is 10.6. The second-order valence-corrected chi connectivity index (χ2v) is 10.6. The Bertz CT molecular complexity index is 1320. The highest BCUT2D eigenvalue weighted by atomic mass is 16.2. The maximum atomic E-state index is 12.6. The lowest BCUT2D eigenvalue weighted by Gasteiger charge is -2.22. The van der Waals surface area contributed by atoms with Crippen LogP contribution in [0.15, 0.2) is 60.9 Å². The van der Waals surface area contributed by atoms with Gasteiger partial charge in [-0.2, -0.15) is 0 Å². The second kappa shape index (κ2) is 18.7. The summed E-state index contributed by atoms with van der Waals surface area (Å²) in [5, 5.41) is 3.34. The fourth-order valence-corrected chi connectivity index (χ4v) is 4.86. The Morgan fingerprint density at radius 3 is 1.79 bits per heavy atom. The van der Waals surface area contributed by atoms with E-state index in [-0.39, 0.29) is 11.9 Å². The van der Waals surface area contributed by atoms with Gasteiger partial charge in [0.1, 0.15) is 11.6 Å². The standard InChI is InChI=1S/C32H42N6O.2C2H6/c1-6-8-27(33-5)32-35-20-29(37-32)26-15-11-24(12-16-26)23-9-13-25(14-10-23)28-19-34-30(36-28)21-38(17-7-2)31(39)18-22(3)4;2*1-2/h9-16,19-20,22,27,33H,6-8,17-18,21H2,1-5H3,(H,34,36)(H,35,37);2*1-2H3. The fraction of sp³-hybridized carbons (Fsp3) is 0.472. The first-order valence-corrected chi connectivity index (χ1v) is 16.2. The highest BCUT2D eigenvalue weighted by Crippen LogP contribution is 2.27. The minimum Gasteiger partial charge on any atom is -0.341 e. The fourth-order valence-electron chi connectivity index (χ4n) is 4.86. The normalized spacial score (nSPS) is 11.3. The number of aromatic amines is 2. The van der Waals surface area contributed by atoms with Gasteiger partial charge in [0, 0.05) is 13.0 Å². The number of H-pyrrole nitrogens is 2. The first-order valence-electron chi connectivity index (χ1n) is 16.2. The number of nitrogens with one attached hydrogen (secondary N) is 3. The monoisotopic (exact) mass is 586 g/mol. The zero-order valence-corrected chi connectivity index (χ0v) is 27.9. The molecule has 4 aromatic rings. The number of carbonyl (C=O) groups is 1. The van der Waals surface area contributed by atoms with Gasteiger partial charge in [-0.3, -0.25) is 4.79 Å². The maximum Gasteiger partial charge on any atom is 0.223 e. The first kappa shape index (κ1) is 35.5. The zero-order valence-electron chi connectivity index (χ0n) is 27.9. The number of benzene rings is 2. The van der Waals surface area contributed by atoms with Gasteiger partial charge >= 0.3 is 0 Å². The molecule has 2 aromatic heterocycles. The molecular weight excluding hydrogens is 532 g/mol. The number of hydrogen-bond donors (Lipinski definition) is 3. The van der Waals surface area contributed by atoms with Crippen molar-refractivity contribution in [3.8, 4) is 33.6 Å². The van der Waals surface area contributed by atoms with Gasteiger partial charge in [-0.05, 0) is 48.1 Å². The summed E-state index contributed by atoms with van der Waals surface area (Å²) in [5.74, 6) is 2.33. The summed E-state index contributed by atoms with van der Waals surface area (Å²) in [6.07, 6.45) is 7.42. The van der Waals surface area contributed by atoms with E-state index in [9.17, 15) is 4.79 Å². The van der Waals surface area contributed by atoms with Crippen molar-refractivity contribution < 1.29 is 4.79 Å². The number of aromatic nitrogens is 4. The van der Waals surface area contributed by atoms with Crippen molar-refractivity contribution >= 4 is 5.91 Å². The van der Waals surface area contributed by atoms with Crippen molar-refractivity contribution in [2.45, 2.75) is 93.7 Å². The summed E-state index contributed by atoms with van der Waals surface area (Å²) in [7, 11) is 1.98. The largest absolute Gasteiger partial charge is 0.341 e. The molecule has 1 unspecified atom stereocenters. The summed E-state index contributed by atoms with van der Waals surface area (Å²) < 4.78 is 0. The minimum atomic E-state index is 0.187. The molecule has 2 aromatic carbocycles. The van der Waals surface area contributed by atoms with Crippen LogP contribution in [-0.2, 0) is 11.3 Å². The molecule has 0 bridgehead atoms. The van der Waals surface area contributed by atoms with Crippen LogP contribution in [0.2, 0.25) is 0 Å². The predicted molar refractivity (Wildman–Crippen MR) is 182 cm³/mol. The predicted octanol–water partition coefficient (Wildman–Crippen LogP) is 9.03. The highest BCUT2D eigenvalue weighted by molar-refractivity contribution is 5.76. The average Bonchev–Trinajstić information content (AvgIpc) is 3.72. The lowest BCUT2D eigenvalue weighted by atomic mass is 10.0. The zero-order chi connectivity index (χ0) is 31.8. The molecule has 0 aliphatic heterocycles. The van der Waals surface area contributed by atoms with Crippen molar-refractivity contribution in [3.63, 3.8) is 0 Å². The summed E-state index contributed by atoms with van der Waals surface area (Å²) in [4.78, 5) is 30.6. The lowest BCUT2D eigenvalue weighted by molar-refractivity contribution is -0.132. The molecule has 43 heavy (non-hydrogen) atoms. The summed E-state index contributed by atoms with van der Waals surface area (Å²) >= 11 is 0. The van der Waals surface area contributed by atoms with E-state index in [1.165, 1.54) is 0 Å². The third kappa shape index (κ3) is 10.2. The number of hydrogen-bond acceptors (Lipinski definition) is 4. The minimum absolute atomic E-state index is 0.187. The van der Waals surface area contributed by atoms with Crippen molar-refractivity contribution in [1.29, 1.82) is 0 Å². The van der Waals surface area contributed by atoms with Crippen molar-refractivity contribution in [2.75, 3.05) is 13.6 Å². The van der Waals surface area contributed by atoms with Crippen LogP contribution < -0.4 is 5.32 Å². The Kier molecular flexibility index (Phi) is 15.5. The van der Waals surface area contributed by atoms with Crippen LogP contribution in [0.5, 0.6) is 0 Å². The molecule has 0 fully saturated rings. The van der Waals surface area contributed by atoms with E-state index >= 15 is 0 Å². The summed E-state index contributed by atoms with van der Waals surface area (Å²) in [5.41, 5.74) is 6.49. The van der Waals surface area contributed by atoms with Crippen LogP contribution in [0.25, 0.3) is 33.6 Å². The molecule has 234 valence electrons. The van der Waals surface area contributed by atoms with E-state index in [0.29, 0.717) is 18.9 Å². The van der Waals surface area contributed by atoms with E-state index in [1.807, 2.05) is 52.0 Å². The van der Waals surface area contributed by atoms with Gasteiger partial charge < -0.3 is 20.2 Å². The number of nitrogens with zero attached hydrogens (tertiary/aromatic N) is 3. The van der Waals surface area contributed by atoms with Gasteiger partial charge in [0.2, 0.25) is 5.91 Å². The van der Waals surface area contributed by atoms with Gasteiger partial charge in [-0.25, -0.2) is 9.97 Å². The summed E-state index contributed by atoms with van der Waals surface area (Å²) in [6.45, 7) is 17.7. The third-order valence-electron chi connectivity index (χ3n) is 6.97. The first-order chi connectivity index (χ1) is 20.9. The van der Waals surface area contributed by atoms with E-state index in [2.05, 4.69) is 101 Å². The number of rotatable bonds is 13. The Labute approximate surface area is 260 Å². The molecule has 7 nitrogen and oxygen atoms in total.